The fraction of sp³-hybridized carbons (Fsp3) is 0.0545. The zero-order valence-corrected chi connectivity index (χ0v) is 31.7. The molecule has 0 unspecified atom stereocenters. The van der Waals surface area contributed by atoms with Crippen molar-refractivity contribution in [2.75, 3.05) is 0 Å². The van der Waals surface area contributed by atoms with Gasteiger partial charge in [-0.15, -0.1) is 0 Å². The minimum absolute atomic E-state index is 0.867. The highest BCUT2D eigenvalue weighted by Gasteiger charge is 2.25. The van der Waals surface area contributed by atoms with E-state index in [1.165, 1.54) is 105 Å². The van der Waals surface area contributed by atoms with Crippen molar-refractivity contribution in [1.82, 2.24) is 9.13 Å². The summed E-state index contributed by atoms with van der Waals surface area (Å²) in [5.74, 6) is 0. The number of allylic oxidation sites excluding steroid dienone is 4. The van der Waals surface area contributed by atoms with E-state index in [0.717, 1.165) is 35.8 Å². The van der Waals surface area contributed by atoms with Crippen LogP contribution in [0.15, 0.2) is 186 Å². The second kappa shape index (κ2) is 12.1. The average Bonchev–Trinajstić information content (AvgIpc) is 4.04. The van der Waals surface area contributed by atoms with Crippen LogP contribution < -0.4 is 0 Å². The number of aromatic nitrogens is 2. The molecule has 3 heteroatoms. The third-order valence-electron chi connectivity index (χ3n) is 12.8. The van der Waals surface area contributed by atoms with Gasteiger partial charge in [0.1, 0.15) is 11.2 Å². The number of hydrogen-bond acceptors (Lipinski definition) is 1. The van der Waals surface area contributed by atoms with E-state index >= 15 is 0 Å². The molecule has 272 valence electrons. The van der Waals surface area contributed by atoms with Gasteiger partial charge >= 0.3 is 0 Å². The van der Waals surface area contributed by atoms with Crippen molar-refractivity contribution in [3.8, 4) is 39.1 Å². The number of furan rings is 1. The van der Waals surface area contributed by atoms with Crippen molar-refractivity contribution >= 4 is 71.2 Å². The first-order valence-electron chi connectivity index (χ1n) is 20.4. The number of fused-ring (bicyclic) bond motifs is 13. The van der Waals surface area contributed by atoms with Crippen molar-refractivity contribution in [2.45, 2.75) is 19.3 Å². The first-order chi connectivity index (χ1) is 28.7. The third-order valence-corrected chi connectivity index (χ3v) is 12.8. The Labute approximate surface area is 335 Å². The second-order valence-electron chi connectivity index (χ2n) is 15.9. The standard InChI is InChI=1S/C55H36N2O/c1-3-11-39(12-4-1)56-50-17-9-7-15-42(50)46-30-35(21-26-52(46)56)34-19-20-38-33-49-41(45(38)29-34)24-25-44-48-32-37(23-28-54(48)58-55(44)49)36-22-27-53-47(31-36)43-16-8-10-18-51(43)57(53)40-13-5-2-6-14-40/h2-3,5-32H,1,4,33H2. The molecule has 11 aromatic rings. The SMILES string of the molecule is C1=CC(n2c3ccccc3c3cc(-c4ccc5c(c4)-c4ccc6c(oc7ccc(-c8ccc9c(c8)c8ccccc8n9-c8ccccc8)cc76)c4C5)ccc32)=CCC1. The summed E-state index contributed by atoms with van der Waals surface area (Å²) < 4.78 is 11.5. The first-order valence-corrected chi connectivity index (χ1v) is 20.4. The van der Waals surface area contributed by atoms with Crippen LogP contribution in [-0.4, -0.2) is 9.13 Å². The Morgan fingerprint density at radius 3 is 1.79 bits per heavy atom. The zero-order chi connectivity index (χ0) is 37.9. The lowest BCUT2D eigenvalue weighted by atomic mass is 9.97. The molecule has 0 atom stereocenters. The van der Waals surface area contributed by atoms with E-state index in [2.05, 4.69) is 191 Å². The second-order valence-corrected chi connectivity index (χ2v) is 15.9. The monoisotopic (exact) mass is 740 g/mol. The highest BCUT2D eigenvalue weighted by atomic mass is 16.3. The number of nitrogens with zero attached hydrogens (tertiary/aromatic N) is 2. The van der Waals surface area contributed by atoms with Crippen molar-refractivity contribution in [2.24, 2.45) is 0 Å². The normalized spacial score (nSPS) is 13.7. The van der Waals surface area contributed by atoms with Gasteiger partial charge in [0.25, 0.3) is 0 Å². The molecular formula is C55H36N2O. The van der Waals surface area contributed by atoms with Gasteiger partial charge < -0.3 is 13.6 Å². The van der Waals surface area contributed by atoms with Crippen LogP contribution >= 0.6 is 0 Å². The van der Waals surface area contributed by atoms with Crippen LogP contribution in [0.5, 0.6) is 0 Å². The first kappa shape index (κ1) is 31.8. The largest absolute Gasteiger partial charge is 0.456 e. The lowest BCUT2D eigenvalue weighted by molar-refractivity contribution is 0.665. The Balaban J connectivity index is 0.889. The van der Waals surface area contributed by atoms with Gasteiger partial charge in [-0.3, -0.25) is 0 Å². The van der Waals surface area contributed by atoms with Crippen molar-refractivity contribution in [3.63, 3.8) is 0 Å². The summed E-state index contributed by atoms with van der Waals surface area (Å²) in [6.07, 6.45) is 9.98. The molecule has 2 aliphatic rings. The summed E-state index contributed by atoms with van der Waals surface area (Å²) >= 11 is 0. The van der Waals surface area contributed by atoms with Crippen LogP contribution in [0.3, 0.4) is 0 Å². The molecule has 0 spiro atoms. The molecule has 58 heavy (non-hydrogen) atoms. The molecule has 3 aromatic heterocycles. The Morgan fingerprint density at radius 1 is 0.431 bits per heavy atom. The van der Waals surface area contributed by atoms with E-state index in [0.29, 0.717) is 0 Å². The maximum atomic E-state index is 6.74. The molecule has 3 heterocycles. The summed E-state index contributed by atoms with van der Waals surface area (Å²) in [5, 5.41) is 7.43. The summed E-state index contributed by atoms with van der Waals surface area (Å²) in [4.78, 5) is 0. The maximum Gasteiger partial charge on any atom is 0.139 e. The molecular weight excluding hydrogens is 705 g/mol. The van der Waals surface area contributed by atoms with Gasteiger partial charge in [-0.05, 0) is 131 Å². The summed E-state index contributed by atoms with van der Waals surface area (Å²) in [5.41, 5.74) is 19.4. The molecule has 13 rings (SSSR count). The molecule has 0 radical (unpaired) electrons. The number of hydrogen-bond donors (Lipinski definition) is 0. The van der Waals surface area contributed by atoms with Gasteiger partial charge in [-0.1, -0.05) is 103 Å². The van der Waals surface area contributed by atoms with Gasteiger partial charge in [0.05, 0.1) is 22.1 Å². The van der Waals surface area contributed by atoms with Gasteiger partial charge in [0.2, 0.25) is 0 Å². The van der Waals surface area contributed by atoms with Gasteiger partial charge in [0.15, 0.2) is 0 Å². The zero-order valence-electron chi connectivity index (χ0n) is 31.7. The third kappa shape index (κ3) is 4.56. The predicted molar refractivity (Wildman–Crippen MR) is 243 cm³/mol. The van der Waals surface area contributed by atoms with Crippen LogP contribution in [-0.2, 0) is 6.42 Å². The fourth-order valence-corrected chi connectivity index (χ4v) is 10.1. The molecule has 0 amide bonds. The molecule has 0 saturated heterocycles. The molecule has 8 aromatic carbocycles. The quantitative estimate of drug-likeness (QED) is 0.176. The van der Waals surface area contributed by atoms with E-state index in [1.54, 1.807) is 0 Å². The fourth-order valence-electron chi connectivity index (χ4n) is 10.1. The maximum absolute atomic E-state index is 6.74. The van der Waals surface area contributed by atoms with Gasteiger partial charge in [0, 0.05) is 55.7 Å². The minimum Gasteiger partial charge on any atom is -0.456 e. The molecule has 2 aliphatic carbocycles. The molecule has 0 N–H and O–H groups in total. The number of para-hydroxylation sites is 3. The van der Waals surface area contributed by atoms with Crippen LogP contribution in [0.2, 0.25) is 0 Å². The number of benzene rings is 8. The Kier molecular flexibility index (Phi) is 6.62. The molecule has 0 bridgehead atoms. The van der Waals surface area contributed by atoms with Crippen molar-refractivity contribution in [3.05, 3.63) is 193 Å². The smallest absolute Gasteiger partial charge is 0.139 e. The van der Waals surface area contributed by atoms with Crippen LogP contribution in [0.4, 0.5) is 0 Å². The molecule has 0 saturated carbocycles. The Morgan fingerprint density at radius 2 is 1.05 bits per heavy atom. The lowest BCUT2D eigenvalue weighted by Crippen LogP contribution is -1.96. The van der Waals surface area contributed by atoms with Gasteiger partial charge in [-0.2, -0.15) is 0 Å². The summed E-state index contributed by atoms with van der Waals surface area (Å²) in [7, 11) is 0. The Hall–Kier alpha value is -7.36. The predicted octanol–water partition coefficient (Wildman–Crippen LogP) is 14.9. The molecule has 0 aliphatic heterocycles. The Bertz CT molecular complexity index is 3590. The number of rotatable bonds is 4. The van der Waals surface area contributed by atoms with Crippen molar-refractivity contribution in [1.29, 1.82) is 0 Å². The van der Waals surface area contributed by atoms with Crippen LogP contribution in [0.1, 0.15) is 24.0 Å². The highest BCUT2D eigenvalue weighted by molar-refractivity contribution is 6.13. The molecule has 0 fully saturated rings. The van der Waals surface area contributed by atoms with E-state index < -0.39 is 0 Å². The van der Waals surface area contributed by atoms with E-state index in [4.69, 9.17) is 4.42 Å². The van der Waals surface area contributed by atoms with E-state index in [-0.39, 0.29) is 0 Å². The molecule has 3 nitrogen and oxygen atoms in total. The van der Waals surface area contributed by atoms with E-state index in [1.807, 2.05) is 0 Å². The highest BCUT2D eigenvalue weighted by Crippen LogP contribution is 2.46. The van der Waals surface area contributed by atoms with Crippen LogP contribution in [0.25, 0.3) is 110 Å². The topological polar surface area (TPSA) is 23.0 Å². The van der Waals surface area contributed by atoms with Crippen molar-refractivity contribution < 1.29 is 4.42 Å². The lowest BCUT2D eigenvalue weighted by Gasteiger charge is -2.12. The van der Waals surface area contributed by atoms with Gasteiger partial charge in [-0.25, -0.2) is 0 Å². The summed E-state index contributed by atoms with van der Waals surface area (Å²) in [6, 6.07) is 60.4. The summed E-state index contributed by atoms with van der Waals surface area (Å²) in [6.45, 7) is 0. The minimum atomic E-state index is 0.867. The average molecular weight is 741 g/mol. The van der Waals surface area contributed by atoms with Crippen LogP contribution in [0, 0.1) is 0 Å². The van der Waals surface area contributed by atoms with E-state index in [9.17, 15) is 0 Å².